The third-order valence-electron chi connectivity index (χ3n) is 6.49. The number of hydrogen-bond acceptors (Lipinski definition) is 1. The summed E-state index contributed by atoms with van der Waals surface area (Å²) in [7, 11) is 0. The van der Waals surface area contributed by atoms with Crippen molar-refractivity contribution in [3.63, 3.8) is 0 Å². The van der Waals surface area contributed by atoms with Crippen molar-refractivity contribution < 1.29 is 17.9 Å². The molecule has 3 rings (SSSR count). The van der Waals surface area contributed by atoms with Crippen LogP contribution in [0.15, 0.2) is 24.3 Å². The molecule has 25 heavy (non-hydrogen) atoms. The van der Waals surface area contributed by atoms with Crippen molar-refractivity contribution in [1.29, 1.82) is 0 Å². The monoisotopic (exact) mass is 354 g/mol. The van der Waals surface area contributed by atoms with Crippen molar-refractivity contribution in [2.24, 2.45) is 17.8 Å². The lowest BCUT2D eigenvalue weighted by molar-refractivity contribution is -0.274. The zero-order chi connectivity index (χ0) is 17.9. The van der Waals surface area contributed by atoms with Gasteiger partial charge >= 0.3 is 6.36 Å². The molecule has 0 N–H and O–H groups in total. The molecule has 0 saturated heterocycles. The molecule has 0 spiro atoms. The van der Waals surface area contributed by atoms with Crippen LogP contribution in [-0.4, -0.2) is 6.36 Å². The predicted molar refractivity (Wildman–Crippen MR) is 93.6 cm³/mol. The van der Waals surface area contributed by atoms with Gasteiger partial charge in [-0.15, -0.1) is 13.2 Å². The quantitative estimate of drug-likeness (QED) is 0.561. The summed E-state index contributed by atoms with van der Waals surface area (Å²) in [6, 6.07) is 6.50. The second kappa shape index (κ2) is 8.01. The Hall–Kier alpha value is -1.19. The van der Waals surface area contributed by atoms with Gasteiger partial charge in [-0.3, -0.25) is 0 Å². The van der Waals surface area contributed by atoms with E-state index < -0.39 is 6.36 Å². The molecule has 4 heteroatoms. The molecule has 0 aliphatic heterocycles. The van der Waals surface area contributed by atoms with E-state index >= 15 is 0 Å². The number of halogens is 3. The Morgan fingerprint density at radius 1 is 0.840 bits per heavy atom. The molecule has 2 aliphatic rings. The topological polar surface area (TPSA) is 9.23 Å². The normalized spacial score (nSPS) is 30.9. The minimum Gasteiger partial charge on any atom is -0.406 e. The van der Waals surface area contributed by atoms with Gasteiger partial charge in [-0.05, 0) is 79.9 Å². The summed E-state index contributed by atoms with van der Waals surface area (Å²) in [5.41, 5.74) is 1.16. The highest BCUT2D eigenvalue weighted by Gasteiger charge is 2.32. The van der Waals surface area contributed by atoms with E-state index in [4.69, 9.17) is 0 Å². The Bertz CT molecular complexity index is 521. The van der Waals surface area contributed by atoms with Gasteiger partial charge in [0.2, 0.25) is 0 Å². The third-order valence-corrected chi connectivity index (χ3v) is 6.49. The van der Waals surface area contributed by atoms with Crippen molar-refractivity contribution in [2.75, 3.05) is 0 Å². The molecule has 1 aromatic carbocycles. The molecule has 140 valence electrons. The van der Waals surface area contributed by atoms with Gasteiger partial charge in [0.25, 0.3) is 0 Å². The molecule has 0 amide bonds. The van der Waals surface area contributed by atoms with Crippen LogP contribution in [0.25, 0.3) is 0 Å². The molecule has 0 radical (unpaired) electrons. The molecular weight excluding hydrogens is 325 g/mol. The van der Waals surface area contributed by atoms with E-state index in [9.17, 15) is 13.2 Å². The highest BCUT2D eigenvalue weighted by Crippen LogP contribution is 2.44. The largest absolute Gasteiger partial charge is 0.573 e. The minimum absolute atomic E-state index is 0.127. The van der Waals surface area contributed by atoms with E-state index in [0.717, 1.165) is 36.2 Å². The summed E-state index contributed by atoms with van der Waals surface area (Å²) >= 11 is 0. The third kappa shape index (κ3) is 5.15. The molecule has 0 bridgehead atoms. The fourth-order valence-corrected chi connectivity index (χ4v) is 4.93. The van der Waals surface area contributed by atoms with E-state index in [1.54, 1.807) is 12.1 Å². The zero-order valence-corrected chi connectivity index (χ0v) is 15.0. The number of hydrogen-bond donors (Lipinski definition) is 0. The van der Waals surface area contributed by atoms with Gasteiger partial charge in [-0.2, -0.15) is 0 Å². The van der Waals surface area contributed by atoms with Gasteiger partial charge in [0.1, 0.15) is 5.75 Å². The van der Waals surface area contributed by atoms with E-state index in [1.807, 2.05) is 0 Å². The van der Waals surface area contributed by atoms with Crippen LogP contribution < -0.4 is 4.74 Å². The van der Waals surface area contributed by atoms with Crippen molar-refractivity contribution in [2.45, 2.75) is 77.0 Å². The summed E-state index contributed by atoms with van der Waals surface area (Å²) < 4.78 is 40.7. The summed E-state index contributed by atoms with van der Waals surface area (Å²) in [4.78, 5) is 0. The first-order chi connectivity index (χ1) is 11.9. The van der Waals surface area contributed by atoms with Crippen molar-refractivity contribution in [3.8, 4) is 5.75 Å². The molecule has 2 saturated carbocycles. The number of benzene rings is 1. The average Bonchev–Trinajstić information content (AvgIpc) is 2.61. The van der Waals surface area contributed by atoms with Crippen LogP contribution in [0.1, 0.15) is 76.2 Å². The Labute approximate surface area is 149 Å². The molecule has 2 aliphatic carbocycles. The summed E-state index contributed by atoms with van der Waals surface area (Å²) in [5, 5.41) is 0. The number of rotatable bonds is 4. The van der Waals surface area contributed by atoms with Crippen LogP contribution in [0.4, 0.5) is 13.2 Å². The van der Waals surface area contributed by atoms with Crippen LogP contribution in [-0.2, 0) is 0 Å². The zero-order valence-electron chi connectivity index (χ0n) is 15.0. The Morgan fingerprint density at radius 2 is 1.36 bits per heavy atom. The van der Waals surface area contributed by atoms with E-state index in [-0.39, 0.29) is 5.75 Å². The highest BCUT2D eigenvalue weighted by atomic mass is 19.4. The van der Waals surface area contributed by atoms with Crippen molar-refractivity contribution >= 4 is 0 Å². The Balaban J connectivity index is 1.49. The molecule has 1 nitrogen and oxygen atoms in total. The van der Waals surface area contributed by atoms with Gasteiger partial charge in [0.05, 0.1) is 0 Å². The van der Waals surface area contributed by atoms with Crippen LogP contribution in [0.2, 0.25) is 0 Å². The number of alkyl halides is 3. The summed E-state index contributed by atoms with van der Waals surface area (Å²) in [6.07, 6.45) is 7.19. The van der Waals surface area contributed by atoms with Crippen LogP contribution in [0.3, 0.4) is 0 Å². The second-order valence-corrected chi connectivity index (χ2v) is 7.92. The fraction of sp³-hybridized carbons (Fsp3) is 0.714. The molecule has 1 aromatic rings. The standard InChI is InChI=1S/C21H29F3O/c1-2-15-3-5-16(6-4-15)17-7-9-18(10-8-17)19-11-13-20(14-12-19)25-21(22,23)24/h11-18H,2-10H2,1H3/t15-,16-,17?,18?. The van der Waals surface area contributed by atoms with E-state index in [1.165, 1.54) is 57.1 Å². The SMILES string of the molecule is CC[C@H]1CC[C@H](C2CCC(c3ccc(OC(F)(F)F)cc3)CC2)CC1. The van der Waals surface area contributed by atoms with Gasteiger partial charge in [0, 0.05) is 0 Å². The summed E-state index contributed by atoms with van der Waals surface area (Å²) in [6.45, 7) is 2.31. The molecule has 2 fully saturated rings. The smallest absolute Gasteiger partial charge is 0.406 e. The Morgan fingerprint density at radius 3 is 1.84 bits per heavy atom. The fourth-order valence-electron chi connectivity index (χ4n) is 4.93. The first-order valence-corrected chi connectivity index (χ1v) is 9.80. The molecule has 0 heterocycles. The maximum Gasteiger partial charge on any atom is 0.573 e. The number of ether oxygens (including phenoxy) is 1. The summed E-state index contributed by atoms with van der Waals surface area (Å²) in [5.74, 6) is 3.08. The molecular formula is C21H29F3O. The molecule has 0 atom stereocenters. The molecule has 0 aromatic heterocycles. The maximum atomic E-state index is 12.2. The predicted octanol–water partition coefficient (Wildman–Crippen LogP) is 7.08. The molecule has 0 unspecified atom stereocenters. The van der Waals surface area contributed by atoms with E-state index in [2.05, 4.69) is 11.7 Å². The average molecular weight is 354 g/mol. The lowest BCUT2D eigenvalue weighted by atomic mass is 9.68. The first-order valence-electron chi connectivity index (χ1n) is 9.80. The van der Waals surface area contributed by atoms with Crippen LogP contribution in [0, 0.1) is 17.8 Å². The second-order valence-electron chi connectivity index (χ2n) is 7.92. The highest BCUT2D eigenvalue weighted by molar-refractivity contribution is 5.29. The van der Waals surface area contributed by atoms with Gasteiger partial charge in [0.15, 0.2) is 0 Å². The maximum absolute atomic E-state index is 12.2. The van der Waals surface area contributed by atoms with Crippen molar-refractivity contribution in [3.05, 3.63) is 29.8 Å². The van der Waals surface area contributed by atoms with Crippen LogP contribution >= 0.6 is 0 Å². The van der Waals surface area contributed by atoms with Gasteiger partial charge in [-0.25, -0.2) is 0 Å². The van der Waals surface area contributed by atoms with E-state index in [0.29, 0.717) is 5.92 Å². The Kier molecular flexibility index (Phi) is 5.96. The van der Waals surface area contributed by atoms with Gasteiger partial charge in [-0.1, -0.05) is 38.3 Å². The van der Waals surface area contributed by atoms with Crippen molar-refractivity contribution in [1.82, 2.24) is 0 Å². The first kappa shape index (κ1) is 18.6. The minimum atomic E-state index is -4.61. The lowest BCUT2D eigenvalue weighted by Crippen LogP contribution is -2.25. The van der Waals surface area contributed by atoms with Gasteiger partial charge < -0.3 is 4.74 Å². The lowest BCUT2D eigenvalue weighted by Gasteiger charge is -2.38. The van der Waals surface area contributed by atoms with Crippen LogP contribution in [0.5, 0.6) is 5.75 Å².